The standard InChI is InChI=1S/C19H22N6O2S/c1-12(2)24-19(20-22-23-24)28-11-17(26)16-10-13(3)25(14(16)4)21-18(27)15-8-6-5-7-9-15/h5-10,12H,11H2,1-4H3,(H,21,27). The van der Waals surface area contributed by atoms with Crippen molar-refractivity contribution in [3.05, 3.63) is 58.9 Å². The first-order valence-corrected chi connectivity index (χ1v) is 9.86. The highest BCUT2D eigenvalue weighted by Gasteiger charge is 2.19. The van der Waals surface area contributed by atoms with Gasteiger partial charge in [0.1, 0.15) is 0 Å². The monoisotopic (exact) mass is 398 g/mol. The molecule has 0 aliphatic carbocycles. The Bertz CT molecular complexity index is 993. The van der Waals surface area contributed by atoms with Gasteiger partial charge in [0.15, 0.2) is 5.78 Å². The molecule has 1 N–H and O–H groups in total. The second kappa shape index (κ2) is 8.39. The maximum Gasteiger partial charge on any atom is 0.270 e. The summed E-state index contributed by atoms with van der Waals surface area (Å²) >= 11 is 1.30. The number of benzene rings is 1. The van der Waals surface area contributed by atoms with Crippen LogP contribution in [0.1, 0.15) is 52.0 Å². The predicted octanol–water partition coefficient (Wildman–Crippen LogP) is 3.03. The van der Waals surface area contributed by atoms with Crippen molar-refractivity contribution >= 4 is 23.5 Å². The van der Waals surface area contributed by atoms with Gasteiger partial charge in [-0.15, -0.1) is 5.10 Å². The zero-order valence-corrected chi connectivity index (χ0v) is 17.0. The predicted molar refractivity (Wildman–Crippen MR) is 107 cm³/mol. The van der Waals surface area contributed by atoms with Crippen molar-refractivity contribution in [2.24, 2.45) is 0 Å². The number of Topliss-reactive ketones (excluding diaryl/α,β-unsaturated/α-hetero) is 1. The Balaban J connectivity index is 1.73. The first-order valence-electron chi connectivity index (χ1n) is 8.87. The molecular formula is C19H22N6O2S. The number of aromatic nitrogens is 5. The van der Waals surface area contributed by atoms with Crippen LogP contribution in [0.3, 0.4) is 0 Å². The lowest BCUT2D eigenvalue weighted by molar-refractivity contribution is 0.0999. The average Bonchev–Trinajstić information content (AvgIpc) is 3.27. The van der Waals surface area contributed by atoms with E-state index in [-0.39, 0.29) is 23.5 Å². The highest BCUT2D eigenvalue weighted by atomic mass is 32.2. The SMILES string of the molecule is Cc1cc(C(=O)CSc2nnnn2C(C)C)c(C)n1NC(=O)c1ccccc1. The van der Waals surface area contributed by atoms with E-state index in [2.05, 4.69) is 21.0 Å². The molecule has 0 saturated carbocycles. The normalized spacial score (nSPS) is 11.0. The second-order valence-electron chi connectivity index (χ2n) is 6.64. The van der Waals surface area contributed by atoms with Crippen LogP contribution in [0.2, 0.25) is 0 Å². The van der Waals surface area contributed by atoms with Gasteiger partial charge in [0.25, 0.3) is 5.91 Å². The summed E-state index contributed by atoms with van der Waals surface area (Å²) in [5.74, 6) is -0.0622. The lowest BCUT2D eigenvalue weighted by Crippen LogP contribution is -2.25. The zero-order chi connectivity index (χ0) is 20.3. The number of nitrogens with zero attached hydrogens (tertiary/aromatic N) is 5. The van der Waals surface area contributed by atoms with Crippen LogP contribution in [0.4, 0.5) is 0 Å². The minimum atomic E-state index is -0.230. The van der Waals surface area contributed by atoms with E-state index in [9.17, 15) is 9.59 Å². The van der Waals surface area contributed by atoms with Gasteiger partial charge in [-0.05, 0) is 56.3 Å². The van der Waals surface area contributed by atoms with E-state index in [0.29, 0.717) is 22.0 Å². The molecule has 2 heterocycles. The van der Waals surface area contributed by atoms with Gasteiger partial charge >= 0.3 is 0 Å². The molecule has 0 radical (unpaired) electrons. The number of tetrazole rings is 1. The van der Waals surface area contributed by atoms with Gasteiger partial charge in [-0.25, -0.2) is 4.68 Å². The topological polar surface area (TPSA) is 94.7 Å². The van der Waals surface area contributed by atoms with E-state index in [0.717, 1.165) is 5.69 Å². The number of ketones is 1. The minimum Gasteiger partial charge on any atom is -0.293 e. The van der Waals surface area contributed by atoms with Gasteiger partial charge in [0.2, 0.25) is 5.16 Å². The van der Waals surface area contributed by atoms with Crippen LogP contribution < -0.4 is 5.43 Å². The molecule has 0 unspecified atom stereocenters. The Kier molecular flexibility index (Phi) is 5.93. The van der Waals surface area contributed by atoms with Crippen molar-refractivity contribution in [2.75, 3.05) is 11.2 Å². The highest BCUT2D eigenvalue weighted by Crippen LogP contribution is 2.21. The van der Waals surface area contributed by atoms with E-state index in [1.807, 2.05) is 33.8 Å². The number of thioether (sulfide) groups is 1. The number of carbonyl (C=O) groups is 2. The first kappa shape index (κ1) is 19.8. The highest BCUT2D eigenvalue weighted by molar-refractivity contribution is 7.99. The summed E-state index contributed by atoms with van der Waals surface area (Å²) in [6.07, 6.45) is 0. The van der Waals surface area contributed by atoms with Crippen molar-refractivity contribution in [2.45, 2.75) is 38.9 Å². The minimum absolute atomic E-state index is 0.0448. The molecule has 0 aliphatic rings. The molecule has 8 nitrogen and oxygen atoms in total. The molecule has 0 atom stereocenters. The van der Waals surface area contributed by atoms with Gasteiger partial charge in [-0.3, -0.25) is 19.7 Å². The summed E-state index contributed by atoms with van der Waals surface area (Å²) < 4.78 is 3.33. The van der Waals surface area contributed by atoms with Gasteiger partial charge in [-0.1, -0.05) is 30.0 Å². The largest absolute Gasteiger partial charge is 0.293 e. The number of hydrogen-bond acceptors (Lipinski definition) is 6. The number of carbonyl (C=O) groups excluding carboxylic acids is 2. The van der Waals surface area contributed by atoms with E-state index >= 15 is 0 Å². The Morgan fingerprint density at radius 2 is 1.89 bits per heavy atom. The van der Waals surface area contributed by atoms with Crippen LogP contribution in [-0.4, -0.2) is 42.3 Å². The summed E-state index contributed by atoms with van der Waals surface area (Å²) in [4.78, 5) is 25.2. The summed E-state index contributed by atoms with van der Waals surface area (Å²) in [5, 5.41) is 12.2. The maximum atomic E-state index is 12.7. The van der Waals surface area contributed by atoms with Crippen molar-refractivity contribution in [1.29, 1.82) is 0 Å². The quantitative estimate of drug-likeness (QED) is 0.486. The fraction of sp³-hybridized carbons (Fsp3) is 0.316. The van der Waals surface area contributed by atoms with Gasteiger partial charge in [-0.2, -0.15) is 0 Å². The Morgan fingerprint density at radius 1 is 1.18 bits per heavy atom. The smallest absolute Gasteiger partial charge is 0.270 e. The van der Waals surface area contributed by atoms with Gasteiger partial charge < -0.3 is 0 Å². The fourth-order valence-electron chi connectivity index (χ4n) is 2.79. The van der Waals surface area contributed by atoms with Gasteiger partial charge in [0.05, 0.1) is 11.8 Å². The van der Waals surface area contributed by atoms with Crippen LogP contribution in [0, 0.1) is 13.8 Å². The van der Waals surface area contributed by atoms with Gasteiger partial charge in [0, 0.05) is 22.5 Å². The number of aryl methyl sites for hydroxylation is 1. The Morgan fingerprint density at radius 3 is 2.57 bits per heavy atom. The molecule has 0 fully saturated rings. The molecular weight excluding hydrogens is 376 g/mol. The van der Waals surface area contributed by atoms with Crippen LogP contribution >= 0.6 is 11.8 Å². The average molecular weight is 398 g/mol. The lowest BCUT2D eigenvalue weighted by Gasteiger charge is -2.11. The summed E-state index contributed by atoms with van der Waals surface area (Å²) in [6.45, 7) is 7.62. The molecule has 1 aromatic carbocycles. The molecule has 3 rings (SSSR count). The summed E-state index contributed by atoms with van der Waals surface area (Å²) in [6, 6.07) is 10.9. The first-order chi connectivity index (χ1) is 13.4. The molecule has 9 heteroatoms. The summed E-state index contributed by atoms with van der Waals surface area (Å²) in [5.41, 5.74) is 5.44. The zero-order valence-electron chi connectivity index (χ0n) is 16.2. The van der Waals surface area contributed by atoms with E-state index < -0.39 is 0 Å². The van der Waals surface area contributed by atoms with Crippen molar-refractivity contribution in [3.63, 3.8) is 0 Å². The number of hydrogen-bond donors (Lipinski definition) is 1. The van der Waals surface area contributed by atoms with Crippen LogP contribution in [0.25, 0.3) is 0 Å². The van der Waals surface area contributed by atoms with Crippen molar-refractivity contribution in [3.8, 4) is 0 Å². The number of rotatable bonds is 7. The second-order valence-corrected chi connectivity index (χ2v) is 7.58. The van der Waals surface area contributed by atoms with Crippen molar-refractivity contribution in [1.82, 2.24) is 24.9 Å². The maximum absolute atomic E-state index is 12.7. The molecule has 0 aliphatic heterocycles. The molecule has 0 bridgehead atoms. The van der Waals surface area contributed by atoms with E-state index in [1.165, 1.54) is 11.8 Å². The van der Waals surface area contributed by atoms with Crippen LogP contribution in [-0.2, 0) is 0 Å². The molecule has 146 valence electrons. The van der Waals surface area contributed by atoms with E-state index in [4.69, 9.17) is 0 Å². The molecule has 0 saturated heterocycles. The Labute approximate surface area is 167 Å². The third kappa shape index (κ3) is 4.14. The van der Waals surface area contributed by atoms with Crippen LogP contribution in [0.15, 0.2) is 41.6 Å². The van der Waals surface area contributed by atoms with Crippen LogP contribution in [0.5, 0.6) is 0 Å². The number of amides is 1. The molecule has 28 heavy (non-hydrogen) atoms. The Hall–Kier alpha value is -2.94. The fourth-order valence-corrected chi connectivity index (χ4v) is 3.67. The van der Waals surface area contributed by atoms with Crippen molar-refractivity contribution < 1.29 is 9.59 Å². The number of nitrogens with one attached hydrogen (secondary N) is 1. The molecule has 0 spiro atoms. The molecule has 1 amide bonds. The third-order valence-electron chi connectivity index (χ3n) is 4.26. The molecule has 3 aromatic rings. The van der Waals surface area contributed by atoms with E-state index in [1.54, 1.807) is 39.7 Å². The summed E-state index contributed by atoms with van der Waals surface area (Å²) in [7, 11) is 0. The molecule has 2 aromatic heterocycles. The third-order valence-corrected chi connectivity index (χ3v) is 5.20. The lowest BCUT2D eigenvalue weighted by atomic mass is 10.2.